The highest BCUT2D eigenvalue weighted by Crippen LogP contribution is 2.42. The lowest BCUT2D eigenvalue weighted by Crippen LogP contribution is -2.33. The third-order valence-corrected chi connectivity index (χ3v) is 3.47. The Morgan fingerprint density at radius 1 is 1.58 bits per heavy atom. The second kappa shape index (κ2) is 4.04. The van der Waals surface area contributed by atoms with Crippen LogP contribution in [0.5, 0.6) is 0 Å². The normalized spacial score (nSPS) is 27.8. The molecule has 1 N–H and O–H groups in total. The van der Waals surface area contributed by atoms with Crippen LogP contribution >= 0.6 is 0 Å². The molecule has 1 aromatic rings. The van der Waals surface area contributed by atoms with Crippen LogP contribution in [0.25, 0.3) is 6.08 Å². The number of carbonyl (C=O) groups is 1. The van der Waals surface area contributed by atoms with Gasteiger partial charge >= 0.3 is 5.97 Å². The number of pyridine rings is 1. The molecule has 0 bridgehead atoms. The SMILES string of the molecule is COC(=O)c1cc(=O)c2c([nH]1)C1OCOC1(C)C=C2. The highest BCUT2D eigenvalue weighted by atomic mass is 16.7. The van der Waals surface area contributed by atoms with Crippen LogP contribution in [-0.4, -0.2) is 30.5 Å². The fourth-order valence-electron chi connectivity index (χ4n) is 2.41. The lowest BCUT2D eigenvalue weighted by Gasteiger charge is -2.29. The van der Waals surface area contributed by atoms with Crippen LogP contribution in [0.15, 0.2) is 16.9 Å². The van der Waals surface area contributed by atoms with Gasteiger partial charge in [-0.05, 0) is 13.0 Å². The maximum Gasteiger partial charge on any atom is 0.354 e. The molecule has 0 amide bonds. The summed E-state index contributed by atoms with van der Waals surface area (Å²) in [6.07, 6.45) is 3.07. The topological polar surface area (TPSA) is 77.6 Å². The van der Waals surface area contributed by atoms with Crippen molar-refractivity contribution in [1.82, 2.24) is 4.98 Å². The average Bonchev–Trinajstić information content (AvgIpc) is 2.79. The molecule has 19 heavy (non-hydrogen) atoms. The molecule has 1 aliphatic heterocycles. The third kappa shape index (κ3) is 1.72. The molecule has 6 heteroatoms. The molecule has 1 aliphatic carbocycles. The molecule has 1 saturated heterocycles. The first-order valence-electron chi connectivity index (χ1n) is 5.85. The molecule has 3 rings (SSSR count). The number of H-pyrrole nitrogens is 1. The minimum atomic E-state index is -0.620. The predicted octanol–water partition coefficient (Wildman–Crippen LogP) is 0.992. The number of nitrogens with one attached hydrogen (secondary N) is 1. The third-order valence-electron chi connectivity index (χ3n) is 3.47. The van der Waals surface area contributed by atoms with Crippen molar-refractivity contribution in [3.63, 3.8) is 0 Å². The Kier molecular flexibility index (Phi) is 2.58. The van der Waals surface area contributed by atoms with Gasteiger partial charge in [0.05, 0.1) is 12.8 Å². The standard InChI is InChI=1S/C13H13NO5/c1-13-4-3-7-9(15)5-8(12(16)17-2)14-10(7)11(13)18-6-19-13/h3-5,11H,6H2,1-2H3,(H,14,15). The lowest BCUT2D eigenvalue weighted by molar-refractivity contribution is 0.0250. The van der Waals surface area contributed by atoms with Gasteiger partial charge in [0.2, 0.25) is 0 Å². The maximum atomic E-state index is 12.0. The van der Waals surface area contributed by atoms with Gasteiger partial charge in [0, 0.05) is 11.6 Å². The number of hydrogen-bond acceptors (Lipinski definition) is 5. The summed E-state index contributed by atoms with van der Waals surface area (Å²) in [5, 5.41) is 0. The molecule has 6 nitrogen and oxygen atoms in total. The largest absolute Gasteiger partial charge is 0.464 e. The van der Waals surface area contributed by atoms with E-state index in [1.807, 2.05) is 6.92 Å². The van der Waals surface area contributed by atoms with Gasteiger partial charge in [-0.2, -0.15) is 0 Å². The summed E-state index contributed by atoms with van der Waals surface area (Å²) in [4.78, 5) is 26.5. The van der Waals surface area contributed by atoms with Gasteiger partial charge in [0.1, 0.15) is 24.2 Å². The van der Waals surface area contributed by atoms with E-state index in [1.165, 1.54) is 13.2 Å². The smallest absolute Gasteiger partial charge is 0.354 e. The van der Waals surface area contributed by atoms with Crippen molar-refractivity contribution in [2.45, 2.75) is 18.6 Å². The van der Waals surface area contributed by atoms with Crippen molar-refractivity contribution in [2.24, 2.45) is 0 Å². The summed E-state index contributed by atoms with van der Waals surface area (Å²) in [5.74, 6) is -0.588. The van der Waals surface area contributed by atoms with Gasteiger partial charge in [0.25, 0.3) is 0 Å². The molecule has 0 radical (unpaired) electrons. The van der Waals surface area contributed by atoms with Crippen LogP contribution in [0, 0.1) is 0 Å². The second-order valence-corrected chi connectivity index (χ2v) is 4.69. The number of fused-ring (bicyclic) bond motifs is 3. The second-order valence-electron chi connectivity index (χ2n) is 4.69. The van der Waals surface area contributed by atoms with Crippen LogP contribution in [-0.2, 0) is 14.2 Å². The van der Waals surface area contributed by atoms with Gasteiger partial charge in [-0.1, -0.05) is 6.08 Å². The Morgan fingerprint density at radius 3 is 3.11 bits per heavy atom. The monoisotopic (exact) mass is 263 g/mol. The minimum Gasteiger partial charge on any atom is -0.464 e. The first kappa shape index (κ1) is 12.1. The molecule has 2 atom stereocenters. The van der Waals surface area contributed by atoms with E-state index in [0.29, 0.717) is 11.3 Å². The van der Waals surface area contributed by atoms with E-state index >= 15 is 0 Å². The number of methoxy groups -OCH3 is 1. The number of aromatic nitrogens is 1. The number of aromatic amines is 1. The summed E-state index contributed by atoms with van der Waals surface area (Å²) in [6, 6.07) is 1.23. The Morgan fingerprint density at radius 2 is 2.37 bits per heavy atom. The van der Waals surface area contributed by atoms with E-state index in [4.69, 9.17) is 9.47 Å². The molecule has 2 heterocycles. The number of ether oxygens (including phenoxy) is 3. The summed E-state index contributed by atoms with van der Waals surface area (Å²) >= 11 is 0. The number of esters is 1. The quantitative estimate of drug-likeness (QED) is 0.764. The average molecular weight is 263 g/mol. The van der Waals surface area contributed by atoms with Gasteiger partial charge in [-0.15, -0.1) is 0 Å². The van der Waals surface area contributed by atoms with Crippen molar-refractivity contribution >= 4 is 12.0 Å². The van der Waals surface area contributed by atoms with E-state index in [0.717, 1.165) is 0 Å². The van der Waals surface area contributed by atoms with Crippen molar-refractivity contribution in [3.05, 3.63) is 39.3 Å². The molecule has 0 aromatic carbocycles. The van der Waals surface area contributed by atoms with Crippen molar-refractivity contribution < 1.29 is 19.0 Å². The fourth-order valence-corrected chi connectivity index (χ4v) is 2.41. The molecule has 100 valence electrons. The van der Waals surface area contributed by atoms with Gasteiger partial charge in [0.15, 0.2) is 5.43 Å². The van der Waals surface area contributed by atoms with Crippen LogP contribution in [0.3, 0.4) is 0 Å². The Labute approximate surface area is 109 Å². The molecule has 1 fully saturated rings. The number of carbonyl (C=O) groups excluding carboxylic acids is 1. The first-order valence-corrected chi connectivity index (χ1v) is 5.85. The molecular formula is C13H13NO5. The van der Waals surface area contributed by atoms with E-state index in [-0.39, 0.29) is 17.9 Å². The minimum absolute atomic E-state index is 0.111. The summed E-state index contributed by atoms with van der Waals surface area (Å²) < 4.78 is 15.7. The van der Waals surface area contributed by atoms with E-state index in [1.54, 1.807) is 12.2 Å². The number of hydrogen-bond donors (Lipinski definition) is 1. The van der Waals surface area contributed by atoms with Crippen LogP contribution < -0.4 is 5.43 Å². The van der Waals surface area contributed by atoms with Crippen LogP contribution in [0.1, 0.15) is 34.8 Å². The van der Waals surface area contributed by atoms with Crippen molar-refractivity contribution in [3.8, 4) is 0 Å². The highest BCUT2D eigenvalue weighted by Gasteiger charge is 2.44. The van der Waals surface area contributed by atoms with Gasteiger partial charge in [-0.25, -0.2) is 4.79 Å². The molecule has 1 aromatic heterocycles. The Hall–Kier alpha value is -1.92. The molecule has 2 unspecified atom stereocenters. The van der Waals surface area contributed by atoms with Gasteiger partial charge < -0.3 is 19.2 Å². The Bertz CT molecular complexity index is 632. The first-order chi connectivity index (χ1) is 9.05. The zero-order valence-electron chi connectivity index (χ0n) is 10.6. The van der Waals surface area contributed by atoms with Crippen LogP contribution in [0.2, 0.25) is 0 Å². The van der Waals surface area contributed by atoms with Gasteiger partial charge in [-0.3, -0.25) is 4.79 Å². The molecule has 0 spiro atoms. The maximum absolute atomic E-state index is 12.0. The fraction of sp³-hybridized carbons (Fsp3) is 0.385. The van der Waals surface area contributed by atoms with Crippen molar-refractivity contribution in [1.29, 1.82) is 0 Å². The zero-order chi connectivity index (χ0) is 13.6. The number of rotatable bonds is 1. The van der Waals surface area contributed by atoms with Crippen molar-refractivity contribution in [2.75, 3.05) is 13.9 Å². The molecule has 2 aliphatic rings. The van der Waals surface area contributed by atoms with E-state index in [2.05, 4.69) is 9.72 Å². The lowest BCUT2D eigenvalue weighted by atomic mass is 9.87. The summed E-state index contributed by atoms with van der Waals surface area (Å²) in [6.45, 7) is 2.02. The predicted molar refractivity (Wildman–Crippen MR) is 65.6 cm³/mol. The Balaban J connectivity index is 2.18. The summed E-state index contributed by atoms with van der Waals surface area (Å²) in [5.41, 5.74) is 0.281. The van der Waals surface area contributed by atoms with E-state index in [9.17, 15) is 9.59 Å². The summed E-state index contributed by atoms with van der Waals surface area (Å²) in [7, 11) is 1.26. The van der Waals surface area contributed by atoms with Crippen LogP contribution in [0.4, 0.5) is 0 Å². The molecule has 0 saturated carbocycles. The molecular weight excluding hydrogens is 250 g/mol. The van der Waals surface area contributed by atoms with E-state index < -0.39 is 17.7 Å². The zero-order valence-corrected chi connectivity index (χ0v) is 10.6. The highest BCUT2D eigenvalue weighted by molar-refractivity contribution is 5.87.